The highest BCUT2D eigenvalue weighted by Crippen LogP contribution is 2.30. The standard InChI is InChI=1S/C12H17N3/c1-8(2)12-11-10(13-7-14-11)5-6-15(12)9(3)4/h5-7,9H,1-4H3,(H,13,14). The van der Waals surface area contributed by atoms with E-state index in [0.29, 0.717) is 6.04 Å². The molecular weight excluding hydrogens is 186 g/mol. The second-order valence-electron chi connectivity index (χ2n) is 4.33. The first-order valence-corrected chi connectivity index (χ1v) is 5.29. The number of aromatic amines is 1. The van der Waals surface area contributed by atoms with Gasteiger partial charge in [0.05, 0.1) is 17.7 Å². The van der Waals surface area contributed by atoms with Crippen LogP contribution in [0.25, 0.3) is 11.8 Å². The molecule has 0 aromatic carbocycles. The van der Waals surface area contributed by atoms with Crippen LogP contribution in [0.2, 0.25) is 0 Å². The second kappa shape index (κ2) is 3.57. The van der Waals surface area contributed by atoms with Crippen LogP contribution in [0.15, 0.2) is 18.1 Å². The van der Waals surface area contributed by atoms with Gasteiger partial charge in [0.1, 0.15) is 5.69 Å². The monoisotopic (exact) mass is 203 g/mol. The quantitative estimate of drug-likeness (QED) is 0.761. The highest BCUT2D eigenvalue weighted by atomic mass is 15.2. The lowest BCUT2D eigenvalue weighted by Gasteiger charge is -2.30. The van der Waals surface area contributed by atoms with Gasteiger partial charge >= 0.3 is 0 Å². The summed E-state index contributed by atoms with van der Waals surface area (Å²) in [7, 11) is 0. The molecule has 3 nitrogen and oxygen atoms in total. The van der Waals surface area contributed by atoms with Crippen molar-refractivity contribution in [3.63, 3.8) is 0 Å². The van der Waals surface area contributed by atoms with E-state index in [1.165, 1.54) is 11.3 Å². The number of aromatic nitrogens is 2. The molecule has 0 fully saturated rings. The van der Waals surface area contributed by atoms with Crippen molar-refractivity contribution in [3.8, 4) is 0 Å². The smallest absolute Gasteiger partial charge is 0.112 e. The molecule has 3 heteroatoms. The summed E-state index contributed by atoms with van der Waals surface area (Å²) in [5.41, 5.74) is 4.68. The summed E-state index contributed by atoms with van der Waals surface area (Å²) >= 11 is 0. The van der Waals surface area contributed by atoms with Crippen molar-refractivity contribution < 1.29 is 0 Å². The van der Waals surface area contributed by atoms with Gasteiger partial charge in [-0.25, -0.2) is 4.98 Å². The first kappa shape index (κ1) is 10.0. The van der Waals surface area contributed by atoms with E-state index in [1.54, 1.807) is 6.33 Å². The molecule has 0 amide bonds. The predicted octanol–water partition coefficient (Wildman–Crippen LogP) is 2.86. The van der Waals surface area contributed by atoms with Gasteiger partial charge in [0.2, 0.25) is 0 Å². The highest BCUT2D eigenvalue weighted by molar-refractivity contribution is 5.75. The van der Waals surface area contributed by atoms with Crippen LogP contribution >= 0.6 is 0 Å². The summed E-state index contributed by atoms with van der Waals surface area (Å²) in [6.45, 7) is 8.63. The minimum Gasteiger partial charge on any atom is -0.344 e. The maximum atomic E-state index is 4.39. The molecule has 0 saturated heterocycles. The number of hydrogen-bond donors (Lipinski definition) is 1. The van der Waals surface area contributed by atoms with E-state index in [1.807, 2.05) is 0 Å². The molecule has 0 radical (unpaired) electrons. The van der Waals surface area contributed by atoms with Crippen LogP contribution < -0.4 is 0 Å². The Bertz CT molecular complexity index is 420. The lowest BCUT2D eigenvalue weighted by Crippen LogP contribution is -2.26. The Morgan fingerprint density at radius 2 is 2.13 bits per heavy atom. The molecule has 0 aliphatic carbocycles. The summed E-state index contributed by atoms with van der Waals surface area (Å²) in [5.74, 6) is 0. The third-order valence-corrected chi connectivity index (χ3v) is 2.58. The lowest BCUT2D eigenvalue weighted by molar-refractivity contribution is 0.433. The summed E-state index contributed by atoms with van der Waals surface area (Å²) in [4.78, 5) is 9.79. The van der Waals surface area contributed by atoms with Crippen molar-refractivity contribution in [3.05, 3.63) is 29.5 Å². The molecule has 0 atom stereocenters. The number of nitrogens with one attached hydrogen (secondary N) is 1. The summed E-state index contributed by atoms with van der Waals surface area (Å²) in [5, 5.41) is 0. The molecule has 0 bridgehead atoms. The van der Waals surface area contributed by atoms with Crippen molar-refractivity contribution >= 4 is 11.8 Å². The number of H-pyrrole nitrogens is 1. The molecule has 2 rings (SSSR count). The molecule has 80 valence electrons. The lowest BCUT2D eigenvalue weighted by atomic mass is 10.1. The van der Waals surface area contributed by atoms with E-state index in [4.69, 9.17) is 0 Å². The minimum absolute atomic E-state index is 0.455. The Kier molecular flexibility index (Phi) is 2.39. The summed E-state index contributed by atoms with van der Waals surface area (Å²) in [6.07, 6.45) is 5.95. The van der Waals surface area contributed by atoms with Crippen LogP contribution in [-0.2, 0) is 0 Å². The molecule has 1 aliphatic heterocycles. The van der Waals surface area contributed by atoms with Gasteiger partial charge in [0.15, 0.2) is 0 Å². The molecule has 15 heavy (non-hydrogen) atoms. The van der Waals surface area contributed by atoms with Crippen molar-refractivity contribution in [1.29, 1.82) is 0 Å². The Morgan fingerprint density at radius 3 is 2.73 bits per heavy atom. The van der Waals surface area contributed by atoms with E-state index in [0.717, 1.165) is 11.4 Å². The Labute approximate surface area is 90.5 Å². The van der Waals surface area contributed by atoms with Gasteiger partial charge in [-0.05, 0) is 33.8 Å². The van der Waals surface area contributed by atoms with Crippen LogP contribution in [0.1, 0.15) is 39.1 Å². The molecule has 1 aliphatic rings. The molecule has 2 heterocycles. The largest absolute Gasteiger partial charge is 0.344 e. The van der Waals surface area contributed by atoms with Gasteiger partial charge in [-0.2, -0.15) is 0 Å². The average Bonchev–Trinajstić information content (AvgIpc) is 2.62. The maximum Gasteiger partial charge on any atom is 0.112 e. The number of hydrogen-bond acceptors (Lipinski definition) is 2. The van der Waals surface area contributed by atoms with Gasteiger partial charge in [-0.1, -0.05) is 5.57 Å². The van der Waals surface area contributed by atoms with Crippen molar-refractivity contribution in [1.82, 2.24) is 14.9 Å². The summed E-state index contributed by atoms with van der Waals surface area (Å²) < 4.78 is 0. The zero-order valence-electron chi connectivity index (χ0n) is 9.70. The normalized spacial score (nSPS) is 14.7. The Morgan fingerprint density at radius 1 is 1.40 bits per heavy atom. The number of allylic oxidation sites excluding steroid dienone is 1. The van der Waals surface area contributed by atoms with Crippen LogP contribution in [-0.4, -0.2) is 20.9 Å². The Balaban J connectivity index is 2.56. The van der Waals surface area contributed by atoms with Gasteiger partial charge in [-0.15, -0.1) is 0 Å². The number of nitrogens with zero attached hydrogens (tertiary/aromatic N) is 2. The van der Waals surface area contributed by atoms with Gasteiger partial charge in [0, 0.05) is 12.2 Å². The zero-order valence-corrected chi connectivity index (χ0v) is 9.70. The van der Waals surface area contributed by atoms with Crippen molar-refractivity contribution in [2.24, 2.45) is 0 Å². The van der Waals surface area contributed by atoms with Crippen LogP contribution in [0.3, 0.4) is 0 Å². The fraction of sp³-hybridized carbons (Fsp3) is 0.417. The van der Waals surface area contributed by atoms with Crippen LogP contribution in [0.5, 0.6) is 0 Å². The van der Waals surface area contributed by atoms with Gasteiger partial charge in [0.25, 0.3) is 0 Å². The molecular formula is C12H17N3. The van der Waals surface area contributed by atoms with E-state index < -0.39 is 0 Å². The molecule has 0 saturated carbocycles. The van der Waals surface area contributed by atoms with E-state index in [2.05, 4.69) is 54.8 Å². The highest BCUT2D eigenvalue weighted by Gasteiger charge is 2.21. The third-order valence-electron chi connectivity index (χ3n) is 2.58. The topological polar surface area (TPSA) is 31.9 Å². The van der Waals surface area contributed by atoms with E-state index >= 15 is 0 Å². The summed E-state index contributed by atoms with van der Waals surface area (Å²) in [6, 6.07) is 0.455. The third kappa shape index (κ3) is 1.58. The number of fused-ring (bicyclic) bond motifs is 1. The van der Waals surface area contributed by atoms with E-state index in [9.17, 15) is 0 Å². The first-order chi connectivity index (χ1) is 7.11. The number of imidazole rings is 1. The van der Waals surface area contributed by atoms with Crippen molar-refractivity contribution in [2.45, 2.75) is 33.7 Å². The van der Waals surface area contributed by atoms with Crippen LogP contribution in [0, 0.1) is 0 Å². The maximum absolute atomic E-state index is 4.39. The molecule has 0 spiro atoms. The van der Waals surface area contributed by atoms with Crippen molar-refractivity contribution in [2.75, 3.05) is 0 Å². The fourth-order valence-electron chi connectivity index (χ4n) is 1.90. The SMILES string of the molecule is CC(C)=C1c2nc[nH]c2C=CN1C(C)C. The van der Waals surface area contributed by atoms with Crippen LogP contribution in [0.4, 0.5) is 0 Å². The predicted molar refractivity (Wildman–Crippen MR) is 62.9 cm³/mol. The molecule has 1 aromatic heterocycles. The molecule has 0 unspecified atom stereocenters. The molecule has 1 aromatic rings. The zero-order chi connectivity index (χ0) is 11.0. The van der Waals surface area contributed by atoms with Gasteiger partial charge in [-0.3, -0.25) is 0 Å². The second-order valence-corrected chi connectivity index (χ2v) is 4.33. The molecule has 1 N–H and O–H groups in total. The Hall–Kier alpha value is -1.51. The minimum atomic E-state index is 0.455. The average molecular weight is 203 g/mol. The van der Waals surface area contributed by atoms with Gasteiger partial charge < -0.3 is 9.88 Å². The fourth-order valence-corrected chi connectivity index (χ4v) is 1.90. The number of rotatable bonds is 1. The van der Waals surface area contributed by atoms with E-state index in [-0.39, 0.29) is 0 Å². The first-order valence-electron chi connectivity index (χ1n) is 5.29.